The molecule has 0 aromatic carbocycles. The molecule has 5 heteroatoms. The van der Waals surface area contributed by atoms with E-state index in [1.54, 1.807) is 0 Å². The van der Waals surface area contributed by atoms with Crippen LogP contribution in [0.4, 0.5) is 0 Å². The minimum Gasteiger partial charge on any atom is -0.361 e. The van der Waals surface area contributed by atoms with Crippen molar-refractivity contribution in [2.24, 2.45) is 0 Å². The maximum Gasteiger partial charge on any atom is 0.329 e. The molecule has 0 bridgehead atoms. The van der Waals surface area contributed by atoms with Gasteiger partial charge >= 0.3 is 6.21 Å². The van der Waals surface area contributed by atoms with E-state index in [9.17, 15) is 4.79 Å². The summed E-state index contributed by atoms with van der Waals surface area (Å²) in [7, 11) is 0. The Hall–Kier alpha value is -0.630. The highest BCUT2D eigenvalue weighted by Crippen LogP contribution is 2.01. The van der Waals surface area contributed by atoms with Crippen LogP contribution < -0.4 is 0 Å². The summed E-state index contributed by atoms with van der Waals surface area (Å²) in [6.07, 6.45) is 0.654. The van der Waals surface area contributed by atoms with Crippen LogP contribution in [0.15, 0.2) is 10.6 Å². The number of carbonyl (C=O) groups excluding carboxylic acids is 1. The van der Waals surface area contributed by atoms with Crippen molar-refractivity contribution in [1.82, 2.24) is 0 Å². The molecular formula is C4H2Cl2N2O. The maximum atomic E-state index is 10.4. The number of hydrogen-bond acceptors (Lipinski definition) is 1. The molecule has 0 aliphatic carbocycles. The Morgan fingerprint density at radius 2 is 2.22 bits per heavy atom. The third kappa shape index (κ3) is 3.03. The molecule has 0 heterocycles. The molecular weight excluding hydrogens is 163 g/mol. The van der Waals surface area contributed by atoms with E-state index in [1.807, 2.05) is 0 Å². The van der Waals surface area contributed by atoms with Crippen LogP contribution in [-0.4, -0.2) is 16.8 Å². The zero-order valence-electron chi connectivity index (χ0n) is 4.21. The van der Waals surface area contributed by atoms with E-state index < -0.39 is 5.78 Å². The minimum absolute atomic E-state index is 0.186. The van der Waals surface area contributed by atoms with Crippen LogP contribution in [0, 0.1) is 0 Å². The van der Waals surface area contributed by atoms with Crippen molar-refractivity contribution < 1.29 is 9.58 Å². The van der Waals surface area contributed by atoms with Gasteiger partial charge in [-0.05, 0) is 0 Å². The topological polar surface area (TPSA) is 53.5 Å². The van der Waals surface area contributed by atoms with Crippen LogP contribution in [0.2, 0.25) is 0 Å². The lowest BCUT2D eigenvalue weighted by Crippen LogP contribution is -1.97. The van der Waals surface area contributed by atoms with Crippen molar-refractivity contribution >= 4 is 35.2 Å². The van der Waals surface area contributed by atoms with Gasteiger partial charge in [0.1, 0.15) is 5.03 Å². The number of ketones is 1. The third-order valence-corrected chi connectivity index (χ3v) is 1.13. The minimum atomic E-state index is -0.630. The molecule has 9 heavy (non-hydrogen) atoms. The Bertz CT molecular complexity index is 193. The summed E-state index contributed by atoms with van der Waals surface area (Å²) in [5, 5.41) is -0.186. The Kier molecular flexibility index (Phi) is 3.97. The lowest BCUT2D eigenvalue weighted by Gasteiger charge is -1.78. The lowest BCUT2D eigenvalue weighted by atomic mass is 10.4. The van der Waals surface area contributed by atoms with Crippen molar-refractivity contribution in [3.8, 4) is 0 Å². The fourth-order valence-electron chi connectivity index (χ4n) is 0.168. The van der Waals surface area contributed by atoms with E-state index in [0.717, 1.165) is 5.54 Å². The third-order valence-electron chi connectivity index (χ3n) is 0.506. The molecule has 0 aliphatic rings. The average Bonchev–Trinajstić information content (AvgIpc) is 1.87. The number of carbonyl (C=O) groups is 1. The Labute approximate surface area is 61.5 Å². The van der Waals surface area contributed by atoms with Crippen molar-refractivity contribution in [2.45, 2.75) is 0 Å². The summed E-state index contributed by atoms with van der Waals surface area (Å²) >= 11 is 10.2. The first-order valence-corrected chi connectivity index (χ1v) is 2.71. The smallest absolute Gasteiger partial charge is 0.329 e. The molecule has 0 fully saturated rings. The predicted molar refractivity (Wildman–Crippen MR) is 34.5 cm³/mol. The Balaban J connectivity index is 4.22. The van der Waals surface area contributed by atoms with Gasteiger partial charge in [0.15, 0.2) is 0 Å². The monoisotopic (exact) mass is 164 g/mol. The van der Waals surface area contributed by atoms with Gasteiger partial charge < -0.3 is 5.53 Å². The van der Waals surface area contributed by atoms with Gasteiger partial charge in [0.2, 0.25) is 0 Å². The second-order valence-electron chi connectivity index (χ2n) is 1.07. The zero-order valence-corrected chi connectivity index (χ0v) is 5.73. The van der Waals surface area contributed by atoms with Crippen molar-refractivity contribution in [3.63, 3.8) is 0 Å². The van der Waals surface area contributed by atoms with E-state index in [2.05, 4.69) is 4.79 Å². The van der Waals surface area contributed by atoms with Crippen LogP contribution >= 0.6 is 23.2 Å². The van der Waals surface area contributed by atoms with Crippen LogP contribution in [0.5, 0.6) is 0 Å². The number of allylic oxidation sites excluding steroid dienone is 1. The molecule has 0 unspecified atom stereocenters. The van der Waals surface area contributed by atoms with Crippen LogP contribution in [0.3, 0.4) is 0 Å². The standard InChI is InChI=1S/C4H2Cl2N2O/c5-1-3(6)4(9)2-8-7/h1-2H. The largest absolute Gasteiger partial charge is 0.361 e. The first-order chi connectivity index (χ1) is 4.22. The maximum absolute atomic E-state index is 10.4. The van der Waals surface area contributed by atoms with Crippen LogP contribution in [-0.2, 0) is 4.79 Å². The highest BCUT2D eigenvalue weighted by molar-refractivity contribution is 6.55. The molecule has 0 saturated heterocycles. The molecule has 48 valence electrons. The molecule has 0 aromatic heterocycles. The van der Waals surface area contributed by atoms with E-state index in [1.165, 1.54) is 0 Å². The quantitative estimate of drug-likeness (QED) is 0.262. The molecule has 0 aliphatic heterocycles. The number of hydrogen-bond donors (Lipinski definition) is 0. The van der Waals surface area contributed by atoms with E-state index in [0.29, 0.717) is 6.21 Å². The van der Waals surface area contributed by atoms with Gasteiger partial charge in [-0.15, -0.1) is 0 Å². The fourth-order valence-corrected chi connectivity index (χ4v) is 0.324. The van der Waals surface area contributed by atoms with Gasteiger partial charge in [0, 0.05) is 5.54 Å². The van der Waals surface area contributed by atoms with Gasteiger partial charge in [-0.25, -0.2) is 0 Å². The summed E-state index contributed by atoms with van der Waals surface area (Å²) < 4.78 is 0. The summed E-state index contributed by atoms with van der Waals surface area (Å²) in [4.78, 5) is 12.8. The Morgan fingerprint density at radius 3 is 2.56 bits per heavy atom. The molecule has 0 amide bonds. The van der Waals surface area contributed by atoms with Crippen LogP contribution in [0.25, 0.3) is 5.53 Å². The summed E-state index contributed by atoms with van der Waals surface area (Å²) in [6.45, 7) is 0. The molecule has 0 radical (unpaired) electrons. The molecule has 3 nitrogen and oxygen atoms in total. The van der Waals surface area contributed by atoms with Gasteiger partial charge in [-0.1, -0.05) is 23.2 Å². The molecule has 0 rings (SSSR count). The second-order valence-corrected chi connectivity index (χ2v) is 1.69. The molecule has 0 atom stereocenters. The van der Waals surface area contributed by atoms with E-state index in [-0.39, 0.29) is 5.03 Å². The SMILES string of the molecule is [N-]=[N+]=CC(=O)C(Cl)=CCl. The molecule has 0 N–H and O–H groups in total. The fraction of sp³-hybridized carbons (Fsp3) is 0. The highest BCUT2D eigenvalue weighted by Gasteiger charge is 2.05. The zero-order chi connectivity index (χ0) is 7.28. The summed E-state index contributed by atoms with van der Waals surface area (Å²) in [6, 6.07) is 0. The second kappa shape index (κ2) is 4.27. The van der Waals surface area contributed by atoms with Gasteiger partial charge in [0.25, 0.3) is 5.78 Å². The van der Waals surface area contributed by atoms with Gasteiger partial charge in [0.05, 0.1) is 0 Å². The predicted octanol–water partition coefficient (Wildman–Crippen LogP) is 1.18. The Morgan fingerprint density at radius 1 is 1.67 bits per heavy atom. The normalized spacial score (nSPS) is 10.2. The highest BCUT2D eigenvalue weighted by atomic mass is 35.5. The lowest BCUT2D eigenvalue weighted by molar-refractivity contribution is -0.112. The molecule has 0 aromatic rings. The number of nitrogens with zero attached hydrogens (tertiary/aromatic N) is 2. The van der Waals surface area contributed by atoms with Crippen LogP contribution in [0.1, 0.15) is 0 Å². The van der Waals surface area contributed by atoms with E-state index in [4.69, 9.17) is 28.7 Å². The summed E-state index contributed by atoms with van der Waals surface area (Å²) in [5.41, 5.74) is 8.70. The molecule has 0 saturated carbocycles. The number of rotatable bonds is 2. The van der Waals surface area contributed by atoms with Crippen molar-refractivity contribution in [3.05, 3.63) is 16.1 Å². The van der Waals surface area contributed by atoms with Gasteiger partial charge in [-0.3, -0.25) is 4.79 Å². The first-order valence-electron chi connectivity index (χ1n) is 1.90. The van der Waals surface area contributed by atoms with E-state index >= 15 is 0 Å². The molecule has 0 spiro atoms. The number of halogens is 2. The average molecular weight is 165 g/mol. The summed E-state index contributed by atoms with van der Waals surface area (Å²) in [5.74, 6) is -0.630. The van der Waals surface area contributed by atoms with Gasteiger partial charge in [-0.2, -0.15) is 4.79 Å². The number of Topliss-reactive ketones (excluding diaryl/α,β-unsaturated/α-hetero) is 1. The first kappa shape index (κ1) is 8.37. The van der Waals surface area contributed by atoms with Crippen molar-refractivity contribution in [1.29, 1.82) is 0 Å². The van der Waals surface area contributed by atoms with Crippen molar-refractivity contribution in [2.75, 3.05) is 0 Å².